The topological polar surface area (TPSA) is 161 Å². The van der Waals surface area contributed by atoms with Crippen LogP contribution in [0.25, 0.3) is 0 Å². The highest BCUT2D eigenvalue weighted by atomic mass is 19.1. The molecule has 1 heterocycles. The third-order valence-corrected chi connectivity index (χ3v) is 10.5. The number of halogens is 1. The molecule has 0 aromatic heterocycles. The van der Waals surface area contributed by atoms with Crippen LogP contribution in [0, 0.1) is 5.82 Å². The highest BCUT2D eigenvalue weighted by Crippen LogP contribution is 2.44. The maximum Gasteiger partial charge on any atom is 0.338 e. The Labute approximate surface area is 368 Å². The number of rotatable bonds is 14. The zero-order chi connectivity index (χ0) is 45.2. The van der Waals surface area contributed by atoms with E-state index in [1.54, 1.807) is 97.1 Å². The quantitative estimate of drug-likeness (QED) is 0.0833. The lowest BCUT2D eigenvalue weighted by Gasteiger charge is -2.50. The molecule has 6 aromatic carbocycles. The number of carbonyl (C=O) groups is 5. The van der Waals surface area contributed by atoms with Crippen molar-refractivity contribution in [3.63, 3.8) is 0 Å². The van der Waals surface area contributed by atoms with E-state index in [0.29, 0.717) is 16.7 Å². The van der Waals surface area contributed by atoms with Gasteiger partial charge in [-0.25, -0.2) is 23.6 Å². The van der Waals surface area contributed by atoms with Crippen LogP contribution < -0.4 is 0 Å². The number of benzene rings is 6. The average Bonchev–Trinajstić information content (AvgIpc) is 3.32. The number of aliphatic hydroxyl groups is 1. The van der Waals surface area contributed by atoms with Crippen LogP contribution in [0.1, 0.15) is 77.5 Å². The summed E-state index contributed by atoms with van der Waals surface area (Å²) in [7, 11) is 0. The predicted molar refractivity (Wildman–Crippen MR) is 228 cm³/mol. The second-order valence-corrected chi connectivity index (χ2v) is 15.0. The van der Waals surface area contributed by atoms with E-state index in [1.807, 2.05) is 0 Å². The van der Waals surface area contributed by atoms with Crippen molar-refractivity contribution in [3.8, 4) is 0 Å². The number of hydrogen-bond donors (Lipinski definition) is 1. The van der Waals surface area contributed by atoms with Crippen LogP contribution in [-0.2, 0) is 52.0 Å². The molecular formula is C51H43FO12. The Kier molecular flexibility index (Phi) is 14.0. The SMILES string of the molecule is CC(=O)OCc1ccc(Cc2ccc(F)cc2)c([C@@]2(O)O[C@H]([C@H](C)OC(=O)c3ccccc3)[C@@H](OC(=O)c3ccccc3)[C@H](OC(=O)c3ccccc3)[C@H]2OC(=O)c2ccccc2)c1. The van der Waals surface area contributed by atoms with Gasteiger partial charge in [-0.15, -0.1) is 0 Å². The maximum absolute atomic E-state index is 14.3. The number of ether oxygens (including phenoxy) is 6. The van der Waals surface area contributed by atoms with Gasteiger partial charge in [-0.05, 0) is 96.8 Å². The van der Waals surface area contributed by atoms with Crippen molar-refractivity contribution in [2.45, 2.75) is 63.2 Å². The molecule has 1 fully saturated rings. The monoisotopic (exact) mass is 866 g/mol. The first kappa shape index (κ1) is 44.6. The van der Waals surface area contributed by atoms with Gasteiger partial charge < -0.3 is 33.5 Å². The van der Waals surface area contributed by atoms with Crippen LogP contribution in [0.2, 0.25) is 0 Å². The highest BCUT2D eigenvalue weighted by molar-refractivity contribution is 5.92. The summed E-state index contributed by atoms with van der Waals surface area (Å²) in [4.78, 5) is 68.3. The van der Waals surface area contributed by atoms with Gasteiger partial charge in [0.05, 0.1) is 22.3 Å². The summed E-state index contributed by atoms with van der Waals surface area (Å²) >= 11 is 0. The van der Waals surface area contributed by atoms with E-state index in [-0.39, 0.29) is 40.8 Å². The molecule has 13 heteroatoms. The van der Waals surface area contributed by atoms with Crippen molar-refractivity contribution in [2.24, 2.45) is 0 Å². The zero-order valence-corrected chi connectivity index (χ0v) is 34.7. The first-order valence-electron chi connectivity index (χ1n) is 20.3. The maximum atomic E-state index is 14.3. The first-order chi connectivity index (χ1) is 30.9. The molecule has 7 rings (SSSR count). The van der Waals surface area contributed by atoms with Gasteiger partial charge >= 0.3 is 29.8 Å². The van der Waals surface area contributed by atoms with Crippen LogP contribution in [0.15, 0.2) is 164 Å². The first-order valence-corrected chi connectivity index (χ1v) is 20.3. The van der Waals surface area contributed by atoms with Crippen molar-refractivity contribution >= 4 is 29.8 Å². The Bertz CT molecular complexity index is 2570. The smallest absolute Gasteiger partial charge is 0.338 e. The molecule has 0 aliphatic carbocycles. The van der Waals surface area contributed by atoms with Crippen LogP contribution in [0.3, 0.4) is 0 Å². The molecule has 0 spiro atoms. The highest BCUT2D eigenvalue weighted by Gasteiger charge is 2.62. The lowest BCUT2D eigenvalue weighted by Crippen LogP contribution is -2.68. The van der Waals surface area contributed by atoms with Gasteiger partial charge in [0.25, 0.3) is 0 Å². The molecule has 0 radical (unpaired) electrons. The minimum Gasteiger partial charge on any atom is -0.461 e. The lowest BCUT2D eigenvalue weighted by molar-refractivity contribution is -0.360. The lowest BCUT2D eigenvalue weighted by atomic mass is 9.82. The summed E-state index contributed by atoms with van der Waals surface area (Å²) in [5.41, 5.74) is 1.58. The molecule has 0 unspecified atom stereocenters. The summed E-state index contributed by atoms with van der Waals surface area (Å²) in [6.07, 6.45) is -8.71. The average molecular weight is 867 g/mol. The molecule has 1 N–H and O–H groups in total. The predicted octanol–water partition coefficient (Wildman–Crippen LogP) is 7.95. The van der Waals surface area contributed by atoms with Crippen molar-refractivity contribution < 1.29 is 61.9 Å². The Balaban J connectivity index is 1.45. The van der Waals surface area contributed by atoms with E-state index in [4.69, 9.17) is 28.4 Å². The second-order valence-electron chi connectivity index (χ2n) is 15.0. The Morgan fingerprint density at radius 2 is 1.06 bits per heavy atom. The number of hydrogen-bond acceptors (Lipinski definition) is 12. The van der Waals surface area contributed by atoms with Crippen molar-refractivity contribution in [1.29, 1.82) is 0 Å². The molecule has 1 aliphatic heterocycles. The Morgan fingerprint density at radius 1 is 0.609 bits per heavy atom. The van der Waals surface area contributed by atoms with E-state index in [0.717, 1.165) is 0 Å². The van der Waals surface area contributed by atoms with Gasteiger partial charge in [0, 0.05) is 12.5 Å². The summed E-state index contributed by atoms with van der Waals surface area (Å²) in [6, 6.07) is 41.9. The van der Waals surface area contributed by atoms with Crippen molar-refractivity contribution in [2.75, 3.05) is 0 Å². The third-order valence-electron chi connectivity index (χ3n) is 10.5. The fourth-order valence-electron chi connectivity index (χ4n) is 7.29. The van der Waals surface area contributed by atoms with Gasteiger partial charge in [0.2, 0.25) is 11.9 Å². The Hall–Kier alpha value is -7.48. The molecule has 0 saturated carbocycles. The molecular weight excluding hydrogens is 824 g/mol. The van der Waals surface area contributed by atoms with E-state index in [2.05, 4.69) is 0 Å². The molecule has 6 aromatic rings. The normalized spacial score (nSPS) is 19.6. The van der Waals surface area contributed by atoms with Crippen LogP contribution in [-0.4, -0.2) is 65.5 Å². The standard InChI is InChI=1S/C51H43FO12/c1-32(60-47(54)36-15-7-3-8-16-36)43-44(61-48(55)37-17-9-4-10-18-37)45(62-49(56)38-19-11-5-12-20-38)46(63-50(57)39-21-13-6-14-22-39)51(58,64-43)42-30-35(31-59-33(2)53)23-26-40(42)29-34-24-27-41(52)28-25-34/h3-28,30,32,43-46,58H,29,31H2,1-2H3/t32-,43+,44+,45-,46+,51+/m0/s1. The number of carbonyl (C=O) groups excluding carboxylic acids is 5. The summed E-state index contributed by atoms with van der Waals surface area (Å²) < 4.78 is 50.8. The minimum absolute atomic E-state index is 0.0400. The summed E-state index contributed by atoms with van der Waals surface area (Å²) in [5, 5.41) is 13.6. The van der Waals surface area contributed by atoms with Gasteiger partial charge in [-0.3, -0.25) is 4.79 Å². The third kappa shape index (κ3) is 10.6. The molecule has 64 heavy (non-hydrogen) atoms. The van der Waals surface area contributed by atoms with Gasteiger partial charge in [-0.1, -0.05) is 97.1 Å². The van der Waals surface area contributed by atoms with Crippen molar-refractivity contribution in [3.05, 3.63) is 214 Å². The van der Waals surface area contributed by atoms with Crippen LogP contribution >= 0.6 is 0 Å². The molecule has 1 saturated heterocycles. The number of esters is 5. The van der Waals surface area contributed by atoms with E-state index in [1.165, 1.54) is 80.6 Å². The van der Waals surface area contributed by atoms with E-state index < -0.39 is 72.0 Å². The molecule has 12 nitrogen and oxygen atoms in total. The Morgan fingerprint density at radius 3 is 1.56 bits per heavy atom. The fourth-order valence-corrected chi connectivity index (χ4v) is 7.29. The van der Waals surface area contributed by atoms with Gasteiger partial charge in [0.1, 0.15) is 24.6 Å². The minimum atomic E-state index is -2.85. The molecule has 1 aliphatic rings. The van der Waals surface area contributed by atoms with E-state index in [9.17, 15) is 33.5 Å². The van der Waals surface area contributed by atoms with Crippen molar-refractivity contribution in [1.82, 2.24) is 0 Å². The largest absolute Gasteiger partial charge is 0.461 e. The summed E-state index contributed by atoms with van der Waals surface area (Å²) in [5.74, 6) is -7.58. The molecule has 0 amide bonds. The van der Waals surface area contributed by atoms with Crippen LogP contribution in [0.4, 0.5) is 4.39 Å². The molecule has 0 bridgehead atoms. The fraction of sp³-hybridized carbons (Fsp3) is 0.196. The molecule has 6 atom stereocenters. The molecule has 326 valence electrons. The van der Waals surface area contributed by atoms with Gasteiger partial charge in [0.15, 0.2) is 12.2 Å². The second kappa shape index (κ2) is 20.1. The van der Waals surface area contributed by atoms with Gasteiger partial charge in [-0.2, -0.15) is 0 Å². The van der Waals surface area contributed by atoms with E-state index >= 15 is 0 Å². The van der Waals surface area contributed by atoms with Crippen LogP contribution in [0.5, 0.6) is 0 Å². The summed E-state index contributed by atoms with van der Waals surface area (Å²) in [6.45, 7) is 2.41. The zero-order valence-electron chi connectivity index (χ0n) is 34.7.